The maximum absolute atomic E-state index is 4.44. The Hall–Kier alpha value is -0.590. The molecule has 1 aliphatic heterocycles. The molecule has 0 N–H and O–H groups in total. The Morgan fingerprint density at radius 3 is 2.77 bits per heavy atom. The Bertz CT molecular complexity index is 221. The molecule has 0 saturated heterocycles. The van der Waals surface area contributed by atoms with Crippen molar-refractivity contribution in [3.05, 3.63) is 11.6 Å². The van der Waals surface area contributed by atoms with Gasteiger partial charge in [-0.15, -0.1) is 0 Å². The van der Waals surface area contributed by atoms with Gasteiger partial charge in [0.15, 0.2) is 0 Å². The van der Waals surface area contributed by atoms with Gasteiger partial charge in [0.25, 0.3) is 0 Å². The first-order valence-electron chi connectivity index (χ1n) is 5.58. The van der Waals surface area contributed by atoms with Gasteiger partial charge in [-0.05, 0) is 44.6 Å². The number of hydrogen-bond acceptors (Lipinski definition) is 1. The lowest BCUT2D eigenvalue weighted by Gasteiger charge is -2.13. The molecule has 1 aliphatic carbocycles. The zero-order chi connectivity index (χ0) is 9.10. The van der Waals surface area contributed by atoms with E-state index in [0.29, 0.717) is 6.04 Å². The maximum Gasteiger partial charge on any atom is 0.0474 e. The minimum Gasteiger partial charge on any atom is -0.290 e. The molecule has 1 unspecified atom stereocenters. The highest BCUT2D eigenvalue weighted by Gasteiger charge is 2.19. The van der Waals surface area contributed by atoms with Crippen LogP contribution < -0.4 is 0 Å². The smallest absolute Gasteiger partial charge is 0.0474 e. The van der Waals surface area contributed by atoms with Gasteiger partial charge in [0, 0.05) is 12.3 Å². The van der Waals surface area contributed by atoms with Gasteiger partial charge in [-0.25, -0.2) is 0 Å². The third-order valence-corrected chi connectivity index (χ3v) is 3.36. The van der Waals surface area contributed by atoms with Crippen LogP contribution in [0.15, 0.2) is 16.6 Å². The first-order valence-corrected chi connectivity index (χ1v) is 5.58. The summed E-state index contributed by atoms with van der Waals surface area (Å²) in [5.41, 5.74) is 1.67. The maximum atomic E-state index is 4.44. The van der Waals surface area contributed by atoms with Crippen molar-refractivity contribution in [3.63, 3.8) is 0 Å². The number of allylic oxidation sites excluding steroid dienone is 2. The van der Waals surface area contributed by atoms with Crippen molar-refractivity contribution in [2.45, 2.75) is 51.5 Å². The standard InChI is InChI=1S/C12H19N/c1-10-6-7-12(8-9-13-10)11-4-2-3-5-11/h8-11H,2-7H2,1H3. The van der Waals surface area contributed by atoms with Crippen LogP contribution >= 0.6 is 0 Å². The second-order valence-electron chi connectivity index (χ2n) is 4.41. The molecule has 1 fully saturated rings. The third-order valence-electron chi connectivity index (χ3n) is 3.36. The highest BCUT2D eigenvalue weighted by atomic mass is 14.7. The average Bonchev–Trinajstić information content (AvgIpc) is 2.56. The van der Waals surface area contributed by atoms with Crippen LogP contribution in [-0.4, -0.2) is 12.3 Å². The molecule has 13 heavy (non-hydrogen) atoms. The van der Waals surface area contributed by atoms with Gasteiger partial charge in [0.05, 0.1) is 0 Å². The fraction of sp³-hybridized carbons (Fsp3) is 0.750. The Balaban J connectivity index is 1.99. The van der Waals surface area contributed by atoms with E-state index >= 15 is 0 Å². The van der Waals surface area contributed by atoms with E-state index in [1.165, 1.54) is 38.5 Å². The topological polar surface area (TPSA) is 12.4 Å². The van der Waals surface area contributed by atoms with Crippen LogP contribution in [0.1, 0.15) is 45.4 Å². The van der Waals surface area contributed by atoms with Crippen molar-refractivity contribution >= 4 is 6.21 Å². The molecule has 0 spiro atoms. The molecule has 1 saturated carbocycles. The van der Waals surface area contributed by atoms with Crippen LogP contribution in [0.3, 0.4) is 0 Å². The van der Waals surface area contributed by atoms with Crippen molar-refractivity contribution in [2.75, 3.05) is 0 Å². The summed E-state index contributed by atoms with van der Waals surface area (Å²) >= 11 is 0. The van der Waals surface area contributed by atoms with E-state index in [2.05, 4.69) is 18.0 Å². The van der Waals surface area contributed by atoms with Crippen LogP contribution in [-0.2, 0) is 0 Å². The first kappa shape index (κ1) is 8.98. The highest BCUT2D eigenvalue weighted by Crippen LogP contribution is 2.33. The normalized spacial score (nSPS) is 30.2. The molecule has 1 heteroatoms. The monoisotopic (exact) mass is 177 g/mol. The zero-order valence-electron chi connectivity index (χ0n) is 8.50. The predicted octanol–water partition coefficient (Wildman–Crippen LogP) is 3.36. The molecule has 1 heterocycles. The summed E-state index contributed by atoms with van der Waals surface area (Å²) in [6.07, 6.45) is 12.6. The van der Waals surface area contributed by atoms with Crippen LogP contribution in [0.4, 0.5) is 0 Å². The number of hydrogen-bond donors (Lipinski definition) is 0. The fourth-order valence-corrected chi connectivity index (χ4v) is 2.46. The molecule has 0 bridgehead atoms. The number of aliphatic imine (C=N–C) groups is 1. The van der Waals surface area contributed by atoms with Crippen molar-refractivity contribution in [3.8, 4) is 0 Å². The zero-order valence-corrected chi connectivity index (χ0v) is 8.50. The predicted molar refractivity (Wildman–Crippen MR) is 57.2 cm³/mol. The minimum atomic E-state index is 0.537. The molecule has 1 nitrogen and oxygen atoms in total. The lowest BCUT2D eigenvalue weighted by Crippen LogP contribution is -2.01. The van der Waals surface area contributed by atoms with Crippen molar-refractivity contribution in [1.82, 2.24) is 0 Å². The SMILES string of the molecule is CC1CCC(C2CCCC2)=CC=N1. The molecule has 2 aliphatic rings. The second kappa shape index (κ2) is 4.08. The van der Waals surface area contributed by atoms with E-state index in [-0.39, 0.29) is 0 Å². The summed E-state index contributed by atoms with van der Waals surface area (Å²) in [7, 11) is 0. The van der Waals surface area contributed by atoms with E-state index < -0.39 is 0 Å². The molecule has 1 atom stereocenters. The largest absolute Gasteiger partial charge is 0.290 e. The van der Waals surface area contributed by atoms with Crippen molar-refractivity contribution in [2.24, 2.45) is 10.9 Å². The molecule has 2 rings (SSSR count). The van der Waals surface area contributed by atoms with Gasteiger partial charge in [0.2, 0.25) is 0 Å². The number of nitrogens with zero attached hydrogens (tertiary/aromatic N) is 1. The van der Waals surface area contributed by atoms with E-state index in [1.54, 1.807) is 5.57 Å². The van der Waals surface area contributed by atoms with Crippen LogP contribution in [0.2, 0.25) is 0 Å². The molecule has 0 aromatic heterocycles. The lowest BCUT2D eigenvalue weighted by atomic mass is 9.93. The fourth-order valence-electron chi connectivity index (χ4n) is 2.46. The quantitative estimate of drug-likeness (QED) is 0.582. The second-order valence-corrected chi connectivity index (χ2v) is 4.41. The number of rotatable bonds is 1. The van der Waals surface area contributed by atoms with E-state index in [9.17, 15) is 0 Å². The molecular formula is C12H19N. The summed E-state index contributed by atoms with van der Waals surface area (Å²) in [4.78, 5) is 4.44. The minimum absolute atomic E-state index is 0.537. The van der Waals surface area contributed by atoms with Gasteiger partial charge in [-0.3, -0.25) is 4.99 Å². The Kier molecular flexibility index (Phi) is 2.82. The van der Waals surface area contributed by atoms with Gasteiger partial charge in [0.1, 0.15) is 0 Å². The van der Waals surface area contributed by atoms with Crippen molar-refractivity contribution < 1.29 is 0 Å². The van der Waals surface area contributed by atoms with E-state index in [0.717, 1.165) is 5.92 Å². The Labute approximate surface area is 80.9 Å². The molecule has 72 valence electrons. The highest BCUT2D eigenvalue weighted by molar-refractivity contribution is 5.72. The first-order chi connectivity index (χ1) is 6.36. The summed E-state index contributed by atoms with van der Waals surface area (Å²) < 4.78 is 0. The molecule has 0 amide bonds. The molecule has 0 aromatic rings. The van der Waals surface area contributed by atoms with Crippen molar-refractivity contribution in [1.29, 1.82) is 0 Å². The summed E-state index contributed by atoms with van der Waals surface area (Å²) in [6.45, 7) is 2.21. The third kappa shape index (κ3) is 2.20. The van der Waals surface area contributed by atoms with Gasteiger partial charge < -0.3 is 0 Å². The van der Waals surface area contributed by atoms with E-state index in [4.69, 9.17) is 0 Å². The van der Waals surface area contributed by atoms with Crippen LogP contribution in [0.25, 0.3) is 0 Å². The van der Waals surface area contributed by atoms with Crippen LogP contribution in [0.5, 0.6) is 0 Å². The average molecular weight is 177 g/mol. The summed E-state index contributed by atoms with van der Waals surface area (Å²) in [5, 5.41) is 0. The Morgan fingerprint density at radius 1 is 1.23 bits per heavy atom. The van der Waals surface area contributed by atoms with Gasteiger partial charge in [-0.2, -0.15) is 0 Å². The van der Waals surface area contributed by atoms with Crippen LogP contribution in [0, 0.1) is 5.92 Å². The molecule has 0 radical (unpaired) electrons. The molecular weight excluding hydrogens is 158 g/mol. The van der Waals surface area contributed by atoms with Gasteiger partial charge >= 0.3 is 0 Å². The summed E-state index contributed by atoms with van der Waals surface area (Å²) in [6, 6.07) is 0.537. The summed E-state index contributed by atoms with van der Waals surface area (Å²) in [5.74, 6) is 0.900. The Morgan fingerprint density at radius 2 is 2.00 bits per heavy atom. The van der Waals surface area contributed by atoms with E-state index in [1.807, 2.05) is 6.21 Å². The lowest BCUT2D eigenvalue weighted by molar-refractivity contribution is 0.579. The van der Waals surface area contributed by atoms with Gasteiger partial charge in [-0.1, -0.05) is 18.4 Å². The molecule has 0 aromatic carbocycles.